The molecule has 7 nitrogen and oxygen atoms in total. The van der Waals surface area contributed by atoms with E-state index in [0.29, 0.717) is 21.8 Å². The Morgan fingerprint density at radius 3 is 2.25 bits per heavy atom. The Bertz CT molecular complexity index is 1060. The third kappa shape index (κ3) is 3.03. The fraction of sp³-hybridized carbons (Fsp3) is 0.100. The number of primary amides is 1. The second-order valence-corrected chi connectivity index (χ2v) is 7.23. The van der Waals surface area contributed by atoms with Crippen molar-refractivity contribution in [3.05, 3.63) is 70.0 Å². The Morgan fingerprint density at radius 2 is 1.68 bits per heavy atom. The van der Waals surface area contributed by atoms with Crippen molar-refractivity contribution >= 4 is 34.9 Å². The van der Waals surface area contributed by atoms with Gasteiger partial charge in [-0.1, -0.05) is 24.3 Å². The lowest BCUT2D eigenvalue weighted by atomic mass is 10.1. The number of urea groups is 1. The van der Waals surface area contributed by atoms with E-state index in [-0.39, 0.29) is 11.8 Å². The van der Waals surface area contributed by atoms with Gasteiger partial charge < -0.3 is 11.1 Å². The van der Waals surface area contributed by atoms with Crippen LogP contribution in [0.4, 0.5) is 10.5 Å². The van der Waals surface area contributed by atoms with Gasteiger partial charge in [0.05, 0.1) is 22.9 Å². The molecule has 0 bridgehead atoms. The molecule has 8 heteroatoms. The first-order chi connectivity index (χ1) is 13.5. The van der Waals surface area contributed by atoms with Gasteiger partial charge in [-0.3, -0.25) is 14.5 Å². The lowest BCUT2D eigenvalue weighted by molar-refractivity contribution is 0.0595. The van der Waals surface area contributed by atoms with Gasteiger partial charge in [0.25, 0.3) is 11.8 Å². The SMILES string of the molecule is CC(c1nc(-c2ccc(NC(N)=O)cc2)cs1)N1C(=O)c2ccccc2C1=O. The van der Waals surface area contributed by atoms with Gasteiger partial charge in [-0.05, 0) is 31.2 Å². The number of fused-ring (bicyclic) bond motifs is 1. The van der Waals surface area contributed by atoms with Crippen molar-refractivity contribution in [3.8, 4) is 11.3 Å². The van der Waals surface area contributed by atoms with Crippen LogP contribution in [0.5, 0.6) is 0 Å². The summed E-state index contributed by atoms with van der Waals surface area (Å²) in [5.74, 6) is -0.599. The molecule has 1 unspecified atom stereocenters. The minimum atomic E-state index is -0.626. The fourth-order valence-electron chi connectivity index (χ4n) is 3.15. The molecule has 4 amide bonds. The molecule has 3 aromatic rings. The molecule has 1 aliphatic rings. The largest absolute Gasteiger partial charge is 0.351 e. The summed E-state index contributed by atoms with van der Waals surface area (Å²) in [4.78, 5) is 42.1. The quantitative estimate of drug-likeness (QED) is 0.661. The number of carbonyl (C=O) groups is 3. The first-order valence-corrected chi connectivity index (χ1v) is 9.43. The van der Waals surface area contributed by atoms with Crippen molar-refractivity contribution < 1.29 is 14.4 Å². The summed E-state index contributed by atoms with van der Waals surface area (Å²) in [6, 6.07) is 12.8. The van der Waals surface area contributed by atoms with Crippen LogP contribution in [0.15, 0.2) is 53.9 Å². The molecule has 0 radical (unpaired) electrons. The van der Waals surface area contributed by atoms with E-state index in [4.69, 9.17) is 5.73 Å². The molecular weight excluding hydrogens is 376 g/mol. The Morgan fingerprint density at radius 1 is 1.07 bits per heavy atom. The zero-order valence-electron chi connectivity index (χ0n) is 14.9. The van der Waals surface area contributed by atoms with Crippen LogP contribution < -0.4 is 11.1 Å². The Hall–Kier alpha value is -3.52. The van der Waals surface area contributed by atoms with Crippen LogP contribution in [0, 0.1) is 0 Å². The summed E-state index contributed by atoms with van der Waals surface area (Å²) in [5, 5.41) is 5.05. The summed E-state index contributed by atoms with van der Waals surface area (Å²) in [7, 11) is 0. The second kappa shape index (κ2) is 6.90. The van der Waals surface area contributed by atoms with Crippen molar-refractivity contribution in [1.29, 1.82) is 0 Å². The van der Waals surface area contributed by atoms with Crippen LogP contribution in [0.25, 0.3) is 11.3 Å². The highest BCUT2D eigenvalue weighted by molar-refractivity contribution is 7.10. The number of hydrogen-bond acceptors (Lipinski definition) is 5. The van der Waals surface area contributed by atoms with E-state index < -0.39 is 12.1 Å². The topological polar surface area (TPSA) is 105 Å². The Balaban J connectivity index is 1.57. The summed E-state index contributed by atoms with van der Waals surface area (Å²) in [6.07, 6.45) is 0. The number of amides is 4. The van der Waals surface area contributed by atoms with Crippen LogP contribution in [-0.2, 0) is 0 Å². The van der Waals surface area contributed by atoms with Crippen LogP contribution in [0.3, 0.4) is 0 Å². The van der Waals surface area contributed by atoms with Gasteiger partial charge in [0.15, 0.2) is 0 Å². The molecule has 2 aromatic carbocycles. The van der Waals surface area contributed by atoms with E-state index in [0.717, 1.165) is 11.3 Å². The lowest BCUT2D eigenvalue weighted by Crippen LogP contribution is -2.32. The highest BCUT2D eigenvalue weighted by atomic mass is 32.1. The predicted molar refractivity (Wildman–Crippen MR) is 106 cm³/mol. The van der Waals surface area contributed by atoms with Gasteiger partial charge in [0.2, 0.25) is 0 Å². The number of rotatable bonds is 4. The number of hydrogen-bond donors (Lipinski definition) is 2. The third-order valence-corrected chi connectivity index (χ3v) is 5.56. The molecule has 1 atom stereocenters. The fourth-order valence-corrected chi connectivity index (χ4v) is 4.02. The van der Waals surface area contributed by atoms with Crippen LogP contribution in [-0.4, -0.2) is 27.7 Å². The summed E-state index contributed by atoms with van der Waals surface area (Å²) < 4.78 is 0. The number of imide groups is 1. The first kappa shape index (κ1) is 17.9. The monoisotopic (exact) mass is 392 g/mol. The van der Waals surface area contributed by atoms with Crippen LogP contribution in [0.2, 0.25) is 0 Å². The number of benzene rings is 2. The van der Waals surface area contributed by atoms with Gasteiger partial charge in [-0.2, -0.15) is 0 Å². The van der Waals surface area contributed by atoms with E-state index in [9.17, 15) is 14.4 Å². The zero-order chi connectivity index (χ0) is 19.8. The van der Waals surface area contributed by atoms with Crippen molar-refractivity contribution in [2.24, 2.45) is 5.73 Å². The number of nitrogens with zero attached hydrogens (tertiary/aromatic N) is 2. The highest BCUT2D eigenvalue weighted by Gasteiger charge is 2.39. The number of aromatic nitrogens is 1. The van der Waals surface area contributed by atoms with Crippen molar-refractivity contribution in [3.63, 3.8) is 0 Å². The van der Waals surface area contributed by atoms with E-state index >= 15 is 0 Å². The Kier molecular flexibility index (Phi) is 4.40. The first-order valence-electron chi connectivity index (χ1n) is 8.55. The van der Waals surface area contributed by atoms with Crippen molar-refractivity contribution in [2.45, 2.75) is 13.0 Å². The van der Waals surface area contributed by atoms with E-state index in [1.54, 1.807) is 43.3 Å². The molecule has 2 heterocycles. The van der Waals surface area contributed by atoms with Crippen molar-refractivity contribution in [2.75, 3.05) is 5.32 Å². The highest BCUT2D eigenvalue weighted by Crippen LogP contribution is 2.34. The molecule has 0 saturated carbocycles. The van der Waals surface area contributed by atoms with Crippen LogP contribution >= 0.6 is 11.3 Å². The van der Waals surface area contributed by atoms with E-state index in [1.807, 2.05) is 17.5 Å². The molecule has 3 N–H and O–H groups in total. The minimum Gasteiger partial charge on any atom is -0.351 e. The minimum absolute atomic E-state index is 0.299. The second-order valence-electron chi connectivity index (χ2n) is 6.34. The van der Waals surface area contributed by atoms with Gasteiger partial charge in [0.1, 0.15) is 5.01 Å². The van der Waals surface area contributed by atoms with E-state index in [2.05, 4.69) is 10.3 Å². The molecular formula is C20H16N4O3S. The smallest absolute Gasteiger partial charge is 0.316 e. The molecule has 1 aromatic heterocycles. The molecule has 1 aliphatic heterocycles. The van der Waals surface area contributed by atoms with E-state index in [1.165, 1.54) is 16.2 Å². The van der Waals surface area contributed by atoms with Crippen LogP contribution in [0.1, 0.15) is 38.7 Å². The molecule has 0 spiro atoms. The van der Waals surface area contributed by atoms with Gasteiger partial charge in [-0.25, -0.2) is 9.78 Å². The third-order valence-electron chi connectivity index (χ3n) is 4.54. The normalized spacial score (nSPS) is 14.1. The molecule has 0 saturated heterocycles. The zero-order valence-corrected chi connectivity index (χ0v) is 15.7. The van der Waals surface area contributed by atoms with Gasteiger partial charge in [-0.15, -0.1) is 11.3 Å². The number of nitrogens with two attached hydrogens (primary N) is 1. The van der Waals surface area contributed by atoms with Gasteiger partial charge >= 0.3 is 6.03 Å². The standard InChI is InChI=1S/C20H16N4O3S/c1-11(24-18(25)14-4-2-3-5-15(14)19(24)26)17-23-16(10-28-17)12-6-8-13(9-7-12)22-20(21)27/h2-11H,1H3,(H3,21,22,27). The summed E-state index contributed by atoms with van der Waals surface area (Å²) in [5.41, 5.74) is 8.13. The maximum absolute atomic E-state index is 12.7. The predicted octanol–water partition coefficient (Wildman–Crippen LogP) is 3.66. The number of anilines is 1. The molecule has 0 fully saturated rings. The number of carbonyl (C=O) groups excluding carboxylic acids is 3. The maximum atomic E-state index is 12.7. The lowest BCUT2D eigenvalue weighted by Gasteiger charge is -2.20. The molecule has 4 rings (SSSR count). The number of thiazole rings is 1. The average molecular weight is 392 g/mol. The maximum Gasteiger partial charge on any atom is 0.316 e. The van der Waals surface area contributed by atoms with Crippen molar-refractivity contribution in [1.82, 2.24) is 9.88 Å². The number of nitrogens with one attached hydrogen (secondary N) is 1. The Labute approximate surface area is 164 Å². The molecule has 28 heavy (non-hydrogen) atoms. The molecule has 140 valence electrons. The molecule has 0 aliphatic carbocycles. The average Bonchev–Trinajstić information content (AvgIpc) is 3.26. The summed E-state index contributed by atoms with van der Waals surface area (Å²) >= 11 is 1.39. The van der Waals surface area contributed by atoms with Gasteiger partial charge in [0, 0.05) is 16.6 Å². The summed E-state index contributed by atoms with van der Waals surface area (Å²) in [6.45, 7) is 1.80.